The Morgan fingerprint density at radius 1 is 1.14 bits per heavy atom. The van der Waals surface area contributed by atoms with Crippen LogP contribution >= 0.6 is 7.82 Å². The molecule has 34 valence electrons. The molecule has 0 spiro atoms. The smallest absolute Gasteiger partial charge is 0.822 e. The summed E-state index contributed by atoms with van der Waals surface area (Å²) in [5.74, 6) is 0. The van der Waals surface area contributed by atoms with Crippen molar-refractivity contribution in [3.63, 3.8) is 0 Å². The molecule has 0 fully saturated rings. The minimum absolute atomic E-state index is 0. The molecular weight excluding hydrogens is 416 g/mol. The molecule has 0 rings (SSSR count). The molecule has 0 aliphatic rings. The largest absolute Gasteiger partial charge is 3.00 e. The van der Waals surface area contributed by atoms with Gasteiger partial charge in [-0.25, -0.2) is 0 Å². The summed E-state index contributed by atoms with van der Waals surface area (Å²) in [6.07, 6.45) is 0. The fourth-order valence-corrected chi connectivity index (χ4v) is 0. The zero-order chi connectivity index (χ0) is 4.50. The second-order valence-corrected chi connectivity index (χ2v) is 1.34. The van der Waals surface area contributed by atoms with Crippen LogP contribution in [0.15, 0.2) is 0 Å². The maximum absolute atomic E-state index is 8.55. The summed E-state index contributed by atoms with van der Waals surface area (Å²) in [7, 11) is -5.39. The first-order chi connectivity index (χ1) is 2.00. The van der Waals surface area contributed by atoms with Crippen LogP contribution in [-0.4, -0.2) is 26.2 Å². The monoisotopic (exact) mass is 418 g/mol. The van der Waals surface area contributed by atoms with Crippen LogP contribution in [0, 0.1) is 0 Å². The Balaban J connectivity index is -0.0000000800. The van der Waals surface area contributed by atoms with Gasteiger partial charge in [0.15, 0.2) is 0 Å². The predicted molar refractivity (Wildman–Crippen MR) is 13.4 cm³/mol. The van der Waals surface area contributed by atoms with E-state index in [1.807, 2.05) is 0 Å². The molecule has 0 aliphatic carbocycles. The zero-order valence-corrected chi connectivity index (χ0v) is 11.6. The van der Waals surface area contributed by atoms with E-state index in [1.54, 1.807) is 0 Å². The van der Waals surface area contributed by atoms with E-state index < -0.39 is 7.82 Å². The number of hydrogen-bond donors (Lipinski definition) is 0. The van der Waals surface area contributed by atoms with Crippen molar-refractivity contribution >= 4 is 34.0 Å². The second kappa shape index (κ2) is 6.04. The molecule has 0 bridgehead atoms. The van der Waals surface area contributed by atoms with Crippen LogP contribution in [0.25, 0.3) is 0 Å². The topological polar surface area (TPSA) is 86.2 Å². The number of hydrogen-bond acceptors (Lipinski definition) is 4. The van der Waals surface area contributed by atoms with Crippen LogP contribution < -0.4 is 14.7 Å². The van der Waals surface area contributed by atoms with Gasteiger partial charge in [0.25, 0.3) is 0 Å². The minimum Gasteiger partial charge on any atom is -0.822 e. The molecule has 0 aromatic rings. The molecule has 7 heteroatoms. The van der Waals surface area contributed by atoms with Gasteiger partial charge in [0, 0.05) is 0 Å². The molecule has 7 heavy (non-hydrogen) atoms. The van der Waals surface area contributed by atoms with Crippen molar-refractivity contribution in [2.75, 3.05) is 0 Å². The summed E-state index contributed by atoms with van der Waals surface area (Å²) in [4.78, 5) is 25.6. The van der Waals surface area contributed by atoms with Crippen molar-refractivity contribution in [2.45, 2.75) is 0 Å². The number of rotatable bonds is 0. The van der Waals surface area contributed by atoms with Gasteiger partial charge in [-0.3, -0.25) is 0 Å². The Morgan fingerprint density at radius 2 is 1.14 bits per heavy atom. The van der Waals surface area contributed by atoms with E-state index in [1.165, 1.54) is 0 Å². The Kier molecular flexibility index (Phi) is 13.8. The normalized spacial score (nSPS) is 8.43. The van der Waals surface area contributed by atoms with E-state index in [0.29, 0.717) is 0 Å². The molecule has 0 aromatic carbocycles. The van der Waals surface area contributed by atoms with Gasteiger partial charge in [0.1, 0.15) is 0 Å². The standard InChI is InChI=1S/Bi.Cd.H3O4P/c;;1-5(2,3)4/h;;(H3,1,2,3,4)/q+3;+2;/p-3. The van der Waals surface area contributed by atoms with Gasteiger partial charge < -0.3 is 19.2 Å². The molecule has 0 saturated carbocycles. The summed E-state index contributed by atoms with van der Waals surface area (Å²) in [6.45, 7) is 0. The van der Waals surface area contributed by atoms with Gasteiger partial charge in [-0.15, -0.1) is 0 Å². The summed E-state index contributed by atoms with van der Waals surface area (Å²) in [5.41, 5.74) is 0. The third-order valence-electron chi connectivity index (χ3n) is 0. The molecule has 0 N–H and O–H groups in total. The SMILES string of the molecule is O=P([O-])([O-])[O-].[Bi+3].[Cd+2]. The van der Waals surface area contributed by atoms with E-state index in [0.717, 1.165) is 0 Å². The average Bonchev–Trinajstić information content (AvgIpc) is 0.722. The van der Waals surface area contributed by atoms with Crippen molar-refractivity contribution in [3.05, 3.63) is 0 Å². The van der Waals surface area contributed by atoms with Crippen LogP contribution in [0.3, 0.4) is 0 Å². The molecule has 0 heterocycles. The quantitative estimate of drug-likeness (QED) is 0.307. The van der Waals surface area contributed by atoms with E-state index >= 15 is 0 Å². The van der Waals surface area contributed by atoms with Gasteiger partial charge in [0.2, 0.25) is 0 Å². The van der Waals surface area contributed by atoms with Crippen molar-refractivity contribution in [1.29, 1.82) is 0 Å². The molecule has 0 aromatic heterocycles. The Morgan fingerprint density at radius 3 is 1.14 bits per heavy atom. The minimum atomic E-state index is -5.39. The van der Waals surface area contributed by atoms with Crippen LogP contribution in [0.1, 0.15) is 0 Å². The maximum Gasteiger partial charge on any atom is 3.00 e. The van der Waals surface area contributed by atoms with E-state index in [9.17, 15) is 0 Å². The Bertz CT molecular complexity index is 57.8. The first kappa shape index (κ1) is 16.0. The van der Waals surface area contributed by atoms with Crippen LogP contribution in [0.2, 0.25) is 0 Å². The zero-order valence-electron chi connectivity index (χ0n) is 3.23. The first-order valence-electron chi connectivity index (χ1n) is 0.730. The molecule has 0 unspecified atom stereocenters. The van der Waals surface area contributed by atoms with Gasteiger partial charge in [0.05, 0.1) is 0 Å². The van der Waals surface area contributed by atoms with Gasteiger partial charge >= 0.3 is 53.5 Å². The van der Waals surface area contributed by atoms with Crippen LogP contribution in [0.4, 0.5) is 0 Å². The maximum atomic E-state index is 8.55. The predicted octanol–water partition coefficient (Wildman–Crippen LogP) is -3.21. The molecule has 4 nitrogen and oxygen atoms in total. The summed E-state index contributed by atoms with van der Waals surface area (Å²) >= 11 is 0. The van der Waals surface area contributed by atoms with E-state index in [-0.39, 0.29) is 53.5 Å². The molecule has 0 saturated heterocycles. The van der Waals surface area contributed by atoms with Crippen molar-refractivity contribution in [2.24, 2.45) is 0 Å². The average molecular weight is 416 g/mol. The summed E-state index contributed by atoms with van der Waals surface area (Å²) in [5, 5.41) is 0. The van der Waals surface area contributed by atoms with Crippen LogP contribution in [0.5, 0.6) is 0 Å². The summed E-state index contributed by atoms with van der Waals surface area (Å²) < 4.78 is 8.55. The summed E-state index contributed by atoms with van der Waals surface area (Å²) in [6, 6.07) is 0. The third-order valence-corrected chi connectivity index (χ3v) is 0. The van der Waals surface area contributed by atoms with Gasteiger partial charge in [-0.2, -0.15) is 7.82 Å². The van der Waals surface area contributed by atoms with E-state index in [2.05, 4.69) is 0 Å². The van der Waals surface area contributed by atoms with Crippen molar-refractivity contribution in [1.82, 2.24) is 0 Å². The fourth-order valence-electron chi connectivity index (χ4n) is 0. The Labute approximate surface area is 79.8 Å². The van der Waals surface area contributed by atoms with Crippen LogP contribution in [-0.2, 0) is 31.9 Å². The van der Waals surface area contributed by atoms with Gasteiger partial charge in [-0.1, -0.05) is 0 Å². The molecule has 2 radical (unpaired) electrons. The molecule has 0 atom stereocenters. The second-order valence-electron chi connectivity index (χ2n) is 0.447. The first-order valence-corrected chi connectivity index (χ1v) is 2.19. The van der Waals surface area contributed by atoms with Crippen molar-refractivity contribution in [3.8, 4) is 0 Å². The molecule has 0 amide bonds. The van der Waals surface area contributed by atoms with Crippen molar-refractivity contribution < 1.29 is 46.5 Å². The third kappa shape index (κ3) is 75.5. The Hall–Kier alpha value is 1.92. The van der Waals surface area contributed by atoms with Gasteiger partial charge in [-0.05, 0) is 0 Å². The number of phosphoric acid groups is 1. The molecular formula is BiCdO4P+2. The van der Waals surface area contributed by atoms with E-state index in [4.69, 9.17) is 19.2 Å². The fraction of sp³-hybridized carbons (Fsp3) is 0. The molecule has 0 aliphatic heterocycles.